The summed E-state index contributed by atoms with van der Waals surface area (Å²) in [5.41, 5.74) is 0.178. The summed E-state index contributed by atoms with van der Waals surface area (Å²) in [6.07, 6.45) is 5.53. The standard InChI is InChI=1S/C12H9Cl2NO3/c1-2-3-15-11(17)7-18-12-8(6-16)4-9(13)5-10(12)14/h1,4-6H,3,7H2,(H,15,17). The van der Waals surface area contributed by atoms with Gasteiger partial charge in [0.15, 0.2) is 12.9 Å². The number of hydrogen-bond donors (Lipinski definition) is 1. The number of ether oxygens (including phenoxy) is 1. The smallest absolute Gasteiger partial charge is 0.258 e. The van der Waals surface area contributed by atoms with Gasteiger partial charge >= 0.3 is 0 Å². The Morgan fingerprint density at radius 3 is 2.83 bits per heavy atom. The molecule has 0 spiro atoms. The summed E-state index contributed by atoms with van der Waals surface area (Å²) in [4.78, 5) is 22.1. The molecular formula is C12H9Cl2NO3. The molecule has 0 saturated carbocycles. The van der Waals surface area contributed by atoms with Crippen LogP contribution in [0.4, 0.5) is 0 Å². The van der Waals surface area contributed by atoms with Crippen molar-refractivity contribution < 1.29 is 14.3 Å². The van der Waals surface area contributed by atoms with Crippen molar-refractivity contribution in [1.29, 1.82) is 0 Å². The number of rotatable bonds is 5. The van der Waals surface area contributed by atoms with Gasteiger partial charge in [-0.3, -0.25) is 9.59 Å². The van der Waals surface area contributed by atoms with Crippen LogP contribution in [-0.2, 0) is 4.79 Å². The van der Waals surface area contributed by atoms with E-state index < -0.39 is 5.91 Å². The number of carbonyl (C=O) groups is 2. The van der Waals surface area contributed by atoms with Gasteiger partial charge in [0.2, 0.25) is 0 Å². The lowest BCUT2D eigenvalue weighted by Crippen LogP contribution is -2.29. The van der Waals surface area contributed by atoms with Crippen molar-refractivity contribution in [3.63, 3.8) is 0 Å². The number of benzene rings is 1. The van der Waals surface area contributed by atoms with Gasteiger partial charge in [0.1, 0.15) is 5.75 Å². The van der Waals surface area contributed by atoms with Crippen molar-refractivity contribution in [2.24, 2.45) is 0 Å². The van der Waals surface area contributed by atoms with Gasteiger partial charge < -0.3 is 10.1 Å². The minimum Gasteiger partial charge on any atom is -0.481 e. The minimum atomic E-state index is -0.407. The highest BCUT2D eigenvalue weighted by Gasteiger charge is 2.11. The van der Waals surface area contributed by atoms with Crippen LogP contribution in [0.25, 0.3) is 0 Å². The summed E-state index contributed by atoms with van der Waals surface area (Å²) in [6, 6.07) is 2.82. The van der Waals surface area contributed by atoms with Crippen LogP contribution in [-0.4, -0.2) is 25.3 Å². The van der Waals surface area contributed by atoms with Gasteiger partial charge in [-0.05, 0) is 12.1 Å². The number of carbonyl (C=O) groups excluding carboxylic acids is 2. The molecule has 0 heterocycles. The third kappa shape index (κ3) is 3.95. The van der Waals surface area contributed by atoms with Gasteiger partial charge in [0.25, 0.3) is 5.91 Å². The lowest BCUT2D eigenvalue weighted by Gasteiger charge is -2.10. The molecule has 0 fully saturated rings. The maximum absolute atomic E-state index is 11.3. The molecule has 1 N–H and O–H groups in total. The molecule has 0 aliphatic rings. The van der Waals surface area contributed by atoms with E-state index in [2.05, 4.69) is 11.2 Å². The van der Waals surface area contributed by atoms with E-state index in [0.29, 0.717) is 11.3 Å². The summed E-state index contributed by atoms with van der Waals surface area (Å²) >= 11 is 11.6. The Labute approximate surface area is 114 Å². The average molecular weight is 286 g/mol. The Hall–Kier alpha value is -1.70. The molecule has 1 aromatic rings. The molecule has 0 saturated heterocycles. The van der Waals surface area contributed by atoms with Crippen LogP contribution in [0.2, 0.25) is 10.0 Å². The average Bonchev–Trinajstić information content (AvgIpc) is 2.34. The van der Waals surface area contributed by atoms with Gasteiger partial charge in [0.05, 0.1) is 17.1 Å². The van der Waals surface area contributed by atoms with Crippen LogP contribution in [0.3, 0.4) is 0 Å². The summed E-state index contributed by atoms with van der Waals surface area (Å²) in [5, 5.41) is 2.89. The minimum absolute atomic E-state index is 0.108. The van der Waals surface area contributed by atoms with Crippen molar-refractivity contribution in [2.45, 2.75) is 0 Å². The molecule has 0 aliphatic heterocycles. The Morgan fingerprint density at radius 2 is 2.22 bits per heavy atom. The summed E-state index contributed by atoms with van der Waals surface area (Å²) in [5.74, 6) is 1.96. The van der Waals surface area contributed by atoms with E-state index >= 15 is 0 Å². The predicted molar refractivity (Wildman–Crippen MR) is 69.2 cm³/mol. The molecule has 1 rings (SSSR count). The zero-order chi connectivity index (χ0) is 13.5. The zero-order valence-corrected chi connectivity index (χ0v) is 10.7. The number of halogens is 2. The van der Waals surface area contributed by atoms with Gasteiger partial charge in [-0.25, -0.2) is 0 Å². The summed E-state index contributed by atoms with van der Waals surface area (Å²) in [7, 11) is 0. The molecule has 0 aliphatic carbocycles. The van der Waals surface area contributed by atoms with E-state index in [1.54, 1.807) is 0 Å². The molecule has 0 bridgehead atoms. The summed E-state index contributed by atoms with van der Waals surface area (Å²) in [6.45, 7) is -0.180. The molecule has 6 heteroatoms. The zero-order valence-electron chi connectivity index (χ0n) is 9.20. The van der Waals surface area contributed by atoms with Crippen molar-refractivity contribution in [3.8, 4) is 18.1 Å². The van der Waals surface area contributed by atoms with E-state index in [4.69, 9.17) is 34.4 Å². The van der Waals surface area contributed by atoms with Gasteiger partial charge in [-0.15, -0.1) is 6.42 Å². The SMILES string of the molecule is C#CCNC(=O)COc1c(Cl)cc(Cl)cc1C=O. The maximum Gasteiger partial charge on any atom is 0.258 e. The van der Waals surface area contributed by atoms with Crippen molar-refractivity contribution in [1.82, 2.24) is 5.32 Å². The summed E-state index contributed by atoms with van der Waals surface area (Å²) < 4.78 is 5.17. The molecule has 0 atom stereocenters. The molecule has 94 valence electrons. The molecule has 1 amide bonds. The molecule has 18 heavy (non-hydrogen) atoms. The first-order chi connectivity index (χ1) is 8.58. The lowest BCUT2D eigenvalue weighted by molar-refractivity contribution is -0.122. The fraction of sp³-hybridized carbons (Fsp3) is 0.167. The van der Waals surface area contributed by atoms with Crippen LogP contribution in [0, 0.1) is 12.3 Å². The normalized spacial score (nSPS) is 9.39. The first kappa shape index (κ1) is 14.4. The second-order valence-corrected chi connectivity index (χ2v) is 4.04. The molecule has 1 aromatic carbocycles. The lowest BCUT2D eigenvalue weighted by atomic mass is 10.2. The fourth-order valence-corrected chi connectivity index (χ4v) is 1.72. The predicted octanol–water partition coefficient (Wildman–Crippen LogP) is 1.93. The highest BCUT2D eigenvalue weighted by Crippen LogP contribution is 2.31. The van der Waals surface area contributed by atoms with E-state index in [1.807, 2.05) is 0 Å². The van der Waals surface area contributed by atoms with Crippen molar-refractivity contribution in [2.75, 3.05) is 13.2 Å². The molecule has 0 aromatic heterocycles. The molecule has 0 unspecified atom stereocenters. The van der Waals surface area contributed by atoms with E-state index in [1.165, 1.54) is 12.1 Å². The van der Waals surface area contributed by atoms with Crippen molar-refractivity contribution >= 4 is 35.4 Å². The monoisotopic (exact) mass is 285 g/mol. The van der Waals surface area contributed by atoms with Gasteiger partial charge in [-0.2, -0.15) is 0 Å². The van der Waals surface area contributed by atoms with Gasteiger partial charge in [-0.1, -0.05) is 29.1 Å². The number of hydrogen-bond acceptors (Lipinski definition) is 3. The largest absolute Gasteiger partial charge is 0.481 e. The molecule has 4 nitrogen and oxygen atoms in total. The molecular weight excluding hydrogens is 277 g/mol. The second-order valence-electron chi connectivity index (χ2n) is 3.19. The number of nitrogens with one attached hydrogen (secondary N) is 1. The number of aldehydes is 1. The van der Waals surface area contributed by atoms with E-state index in [0.717, 1.165) is 0 Å². The van der Waals surface area contributed by atoms with Crippen LogP contribution >= 0.6 is 23.2 Å². The van der Waals surface area contributed by atoms with Crippen LogP contribution in [0.1, 0.15) is 10.4 Å². The highest BCUT2D eigenvalue weighted by molar-refractivity contribution is 6.36. The van der Waals surface area contributed by atoms with Crippen molar-refractivity contribution in [3.05, 3.63) is 27.7 Å². The number of terminal acetylenes is 1. The van der Waals surface area contributed by atoms with Crippen LogP contribution < -0.4 is 10.1 Å². The number of amides is 1. The first-order valence-electron chi connectivity index (χ1n) is 4.85. The van der Waals surface area contributed by atoms with E-state index in [9.17, 15) is 9.59 Å². The van der Waals surface area contributed by atoms with Gasteiger partial charge in [0, 0.05) is 5.02 Å². The third-order valence-electron chi connectivity index (χ3n) is 1.90. The quantitative estimate of drug-likeness (QED) is 0.664. The molecule has 0 radical (unpaired) electrons. The Kier molecular flexibility index (Phi) is 5.50. The third-order valence-corrected chi connectivity index (χ3v) is 2.40. The van der Waals surface area contributed by atoms with Crippen LogP contribution in [0.15, 0.2) is 12.1 Å². The Bertz CT molecular complexity index is 509. The Morgan fingerprint density at radius 1 is 1.50 bits per heavy atom. The maximum atomic E-state index is 11.3. The van der Waals surface area contributed by atoms with Crippen LogP contribution in [0.5, 0.6) is 5.75 Å². The van der Waals surface area contributed by atoms with E-state index in [-0.39, 0.29) is 29.5 Å². The highest BCUT2D eigenvalue weighted by atomic mass is 35.5. The topological polar surface area (TPSA) is 55.4 Å². The fourth-order valence-electron chi connectivity index (χ4n) is 1.16. The Balaban J connectivity index is 2.76. The first-order valence-corrected chi connectivity index (χ1v) is 5.61. The second kappa shape index (κ2) is 6.90.